The molecule has 2 aromatic rings. The van der Waals surface area contributed by atoms with Gasteiger partial charge in [0, 0.05) is 21.1 Å². The SMILES string of the molecule is CC(NC(=O)c1ccc(N)c(Br)c1)c1nc(C(=O)O)cs1. The molecule has 0 spiro atoms. The van der Waals surface area contributed by atoms with E-state index in [1.54, 1.807) is 25.1 Å². The normalized spacial score (nSPS) is 11.9. The lowest BCUT2D eigenvalue weighted by Crippen LogP contribution is -2.26. The minimum Gasteiger partial charge on any atom is -0.476 e. The molecule has 1 atom stereocenters. The number of carbonyl (C=O) groups is 2. The summed E-state index contributed by atoms with van der Waals surface area (Å²) in [6, 6.07) is 4.50. The largest absolute Gasteiger partial charge is 0.476 e. The Labute approximate surface area is 133 Å². The van der Waals surface area contributed by atoms with E-state index >= 15 is 0 Å². The smallest absolute Gasteiger partial charge is 0.355 e. The lowest BCUT2D eigenvalue weighted by atomic mass is 10.2. The molecular weight excluding hydrogens is 358 g/mol. The van der Waals surface area contributed by atoms with Crippen LogP contribution >= 0.6 is 27.3 Å². The Bertz CT molecular complexity index is 702. The van der Waals surface area contributed by atoms with Crippen molar-refractivity contribution < 1.29 is 14.7 Å². The van der Waals surface area contributed by atoms with E-state index < -0.39 is 5.97 Å². The van der Waals surface area contributed by atoms with Crippen LogP contribution in [0.2, 0.25) is 0 Å². The molecule has 21 heavy (non-hydrogen) atoms. The van der Waals surface area contributed by atoms with Crippen LogP contribution in [0.25, 0.3) is 0 Å². The molecule has 8 heteroatoms. The number of nitrogen functional groups attached to an aromatic ring is 1. The van der Waals surface area contributed by atoms with Crippen molar-refractivity contribution in [2.75, 3.05) is 5.73 Å². The fraction of sp³-hybridized carbons (Fsp3) is 0.154. The first-order valence-corrected chi connectivity index (χ1v) is 7.60. The van der Waals surface area contributed by atoms with Crippen molar-refractivity contribution >= 4 is 44.8 Å². The van der Waals surface area contributed by atoms with Gasteiger partial charge < -0.3 is 16.2 Å². The number of thiazole rings is 1. The van der Waals surface area contributed by atoms with Gasteiger partial charge in [-0.1, -0.05) is 0 Å². The summed E-state index contributed by atoms with van der Waals surface area (Å²) >= 11 is 4.46. The van der Waals surface area contributed by atoms with Crippen LogP contribution in [0.15, 0.2) is 28.1 Å². The highest BCUT2D eigenvalue weighted by Gasteiger charge is 2.17. The average Bonchev–Trinajstić information content (AvgIpc) is 2.91. The van der Waals surface area contributed by atoms with E-state index in [1.807, 2.05) is 0 Å². The van der Waals surface area contributed by atoms with Gasteiger partial charge in [-0.15, -0.1) is 11.3 Å². The van der Waals surface area contributed by atoms with Gasteiger partial charge in [0.05, 0.1) is 6.04 Å². The van der Waals surface area contributed by atoms with E-state index in [9.17, 15) is 9.59 Å². The van der Waals surface area contributed by atoms with Gasteiger partial charge in [-0.2, -0.15) is 0 Å². The molecule has 0 bridgehead atoms. The zero-order valence-corrected chi connectivity index (χ0v) is 13.4. The van der Waals surface area contributed by atoms with Crippen LogP contribution in [0.1, 0.15) is 38.8 Å². The third kappa shape index (κ3) is 3.59. The van der Waals surface area contributed by atoms with E-state index in [0.29, 0.717) is 20.7 Å². The monoisotopic (exact) mass is 369 g/mol. The molecule has 1 heterocycles. The number of hydrogen-bond donors (Lipinski definition) is 3. The van der Waals surface area contributed by atoms with Crippen molar-refractivity contribution in [3.05, 3.63) is 44.3 Å². The molecule has 1 amide bonds. The second-order valence-electron chi connectivity index (χ2n) is 4.31. The predicted molar refractivity (Wildman–Crippen MR) is 83.5 cm³/mol. The minimum atomic E-state index is -1.08. The number of aromatic nitrogens is 1. The number of nitrogens with zero attached hydrogens (tertiary/aromatic N) is 1. The van der Waals surface area contributed by atoms with Crippen LogP contribution in [0.4, 0.5) is 5.69 Å². The number of carboxylic acids is 1. The van der Waals surface area contributed by atoms with Crippen molar-refractivity contribution in [3.8, 4) is 0 Å². The van der Waals surface area contributed by atoms with Crippen LogP contribution in [0.5, 0.6) is 0 Å². The number of nitrogens with one attached hydrogen (secondary N) is 1. The Morgan fingerprint density at radius 3 is 2.76 bits per heavy atom. The number of carboxylic acid groups (broad SMARTS) is 1. The summed E-state index contributed by atoms with van der Waals surface area (Å²) < 4.78 is 0.644. The van der Waals surface area contributed by atoms with E-state index in [0.717, 1.165) is 0 Å². The summed E-state index contributed by atoms with van der Waals surface area (Å²) in [5.74, 6) is -1.37. The van der Waals surface area contributed by atoms with Crippen molar-refractivity contribution in [2.45, 2.75) is 13.0 Å². The van der Waals surface area contributed by atoms with Crippen molar-refractivity contribution in [1.82, 2.24) is 10.3 Å². The molecule has 0 saturated heterocycles. The van der Waals surface area contributed by atoms with E-state index in [-0.39, 0.29) is 17.6 Å². The molecule has 0 aliphatic heterocycles. The third-order valence-electron chi connectivity index (χ3n) is 2.72. The second kappa shape index (κ2) is 6.23. The Balaban J connectivity index is 2.10. The van der Waals surface area contributed by atoms with Crippen LogP contribution in [0.3, 0.4) is 0 Å². The van der Waals surface area contributed by atoms with E-state index in [4.69, 9.17) is 10.8 Å². The highest BCUT2D eigenvalue weighted by Crippen LogP contribution is 2.22. The number of hydrogen-bond acceptors (Lipinski definition) is 5. The first-order chi connectivity index (χ1) is 9.88. The lowest BCUT2D eigenvalue weighted by molar-refractivity contribution is 0.0691. The van der Waals surface area contributed by atoms with Crippen LogP contribution in [-0.2, 0) is 0 Å². The molecule has 6 nitrogen and oxygen atoms in total. The Morgan fingerprint density at radius 2 is 2.19 bits per heavy atom. The number of aromatic carboxylic acids is 1. The van der Waals surface area contributed by atoms with Gasteiger partial charge >= 0.3 is 5.97 Å². The number of halogens is 1. The Morgan fingerprint density at radius 1 is 1.48 bits per heavy atom. The number of anilines is 1. The quantitative estimate of drug-likeness (QED) is 0.718. The van der Waals surface area contributed by atoms with Gasteiger partial charge in [0.25, 0.3) is 5.91 Å². The Hall–Kier alpha value is -1.93. The number of amides is 1. The van der Waals surface area contributed by atoms with Gasteiger partial charge in [0.1, 0.15) is 5.01 Å². The summed E-state index contributed by atoms with van der Waals surface area (Å²) in [7, 11) is 0. The molecule has 0 aliphatic carbocycles. The first-order valence-electron chi connectivity index (χ1n) is 5.93. The predicted octanol–water partition coefficient (Wildman–Crippen LogP) is 2.68. The van der Waals surface area contributed by atoms with Crippen LogP contribution in [0, 0.1) is 0 Å². The van der Waals surface area contributed by atoms with Gasteiger partial charge in [-0.05, 0) is 41.1 Å². The van der Waals surface area contributed by atoms with E-state index in [2.05, 4.69) is 26.2 Å². The standard InChI is InChI=1S/C13H12BrN3O3S/c1-6(12-17-10(5-21-12)13(19)20)16-11(18)7-2-3-9(15)8(14)4-7/h2-6H,15H2,1H3,(H,16,18)(H,19,20). The first kappa shape index (κ1) is 15.5. The zero-order chi connectivity index (χ0) is 15.6. The summed E-state index contributed by atoms with van der Waals surface area (Å²) in [5.41, 5.74) is 6.65. The molecule has 2 rings (SSSR count). The summed E-state index contributed by atoms with van der Waals surface area (Å²) in [6.07, 6.45) is 0. The summed E-state index contributed by atoms with van der Waals surface area (Å²) in [5, 5.41) is 13.6. The number of nitrogens with two attached hydrogens (primary N) is 1. The second-order valence-corrected chi connectivity index (χ2v) is 6.05. The topological polar surface area (TPSA) is 105 Å². The molecule has 0 radical (unpaired) electrons. The molecule has 1 aromatic heterocycles. The molecule has 1 unspecified atom stereocenters. The lowest BCUT2D eigenvalue weighted by Gasteiger charge is -2.11. The van der Waals surface area contributed by atoms with Crippen molar-refractivity contribution in [1.29, 1.82) is 0 Å². The van der Waals surface area contributed by atoms with Crippen molar-refractivity contribution in [2.24, 2.45) is 0 Å². The minimum absolute atomic E-state index is 0.0219. The van der Waals surface area contributed by atoms with Crippen LogP contribution < -0.4 is 11.1 Å². The number of carbonyl (C=O) groups excluding carboxylic acids is 1. The zero-order valence-electron chi connectivity index (χ0n) is 11.0. The Kier molecular flexibility index (Phi) is 4.59. The van der Waals surface area contributed by atoms with Gasteiger partial charge in [0.2, 0.25) is 0 Å². The van der Waals surface area contributed by atoms with E-state index in [1.165, 1.54) is 16.7 Å². The molecule has 110 valence electrons. The third-order valence-corrected chi connectivity index (χ3v) is 4.44. The van der Waals surface area contributed by atoms with Crippen LogP contribution in [-0.4, -0.2) is 22.0 Å². The maximum absolute atomic E-state index is 12.1. The fourth-order valence-electron chi connectivity index (χ4n) is 1.59. The van der Waals surface area contributed by atoms with Gasteiger partial charge in [-0.25, -0.2) is 9.78 Å². The average molecular weight is 370 g/mol. The molecule has 0 fully saturated rings. The molecule has 0 aliphatic rings. The maximum atomic E-state index is 12.1. The molecule has 4 N–H and O–H groups in total. The molecular formula is C13H12BrN3O3S. The number of rotatable bonds is 4. The number of benzene rings is 1. The summed E-state index contributed by atoms with van der Waals surface area (Å²) in [6.45, 7) is 1.74. The van der Waals surface area contributed by atoms with Gasteiger partial charge in [-0.3, -0.25) is 4.79 Å². The van der Waals surface area contributed by atoms with Gasteiger partial charge in [0.15, 0.2) is 5.69 Å². The molecule has 1 aromatic carbocycles. The molecule has 0 saturated carbocycles. The van der Waals surface area contributed by atoms with Crippen molar-refractivity contribution in [3.63, 3.8) is 0 Å². The highest BCUT2D eigenvalue weighted by molar-refractivity contribution is 9.10. The maximum Gasteiger partial charge on any atom is 0.355 e. The fourth-order valence-corrected chi connectivity index (χ4v) is 2.77. The highest BCUT2D eigenvalue weighted by atomic mass is 79.9. The summed E-state index contributed by atoms with van der Waals surface area (Å²) in [4.78, 5) is 26.9.